The maximum Gasteiger partial charge on any atom is 0.316 e. The third-order valence-electron chi connectivity index (χ3n) is 4.81. The molecule has 0 aliphatic heterocycles. The zero-order valence-corrected chi connectivity index (χ0v) is 12.4. The number of rotatable bonds is 5. The second-order valence-electron chi connectivity index (χ2n) is 6.34. The van der Waals surface area contributed by atoms with Gasteiger partial charge in [0.1, 0.15) is 5.75 Å². The van der Waals surface area contributed by atoms with Gasteiger partial charge < -0.3 is 9.47 Å². The average molecular weight is 274 g/mol. The van der Waals surface area contributed by atoms with Crippen molar-refractivity contribution in [3.63, 3.8) is 0 Å². The van der Waals surface area contributed by atoms with Gasteiger partial charge in [0.2, 0.25) is 0 Å². The molecule has 2 aliphatic carbocycles. The predicted octanol–water partition coefficient (Wildman–Crippen LogP) is 3.23. The zero-order valence-electron chi connectivity index (χ0n) is 12.4. The molecule has 0 amide bonds. The fourth-order valence-electron chi connectivity index (χ4n) is 2.81. The second-order valence-corrected chi connectivity index (χ2v) is 6.34. The van der Waals surface area contributed by atoms with Gasteiger partial charge in [-0.3, -0.25) is 4.79 Å². The highest BCUT2D eigenvalue weighted by atomic mass is 16.5. The number of esters is 1. The molecule has 2 fully saturated rings. The Morgan fingerprint density at radius 2 is 2.10 bits per heavy atom. The van der Waals surface area contributed by atoms with Crippen molar-refractivity contribution in [3.8, 4) is 5.75 Å². The minimum Gasteiger partial charge on any atom is -0.496 e. The Bertz CT molecular complexity index is 531. The lowest BCUT2D eigenvalue weighted by molar-refractivity contribution is -0.147. The van der Waals surface area contributed by atoms with Gasteiger partial charge in [-0.15, -0.1) is 0 Å². The van der Waals surface area contributed by atoms with Crippen LogP contribution in [0.5, 0.6) is 5.75 Å². The number of ether oxygens (including phenoxy) is 2. The van der Waals surface area contributed by atoms with E-state index in [4.69, 9.17) is 9.47 Å². The topological polar surface area (TPSA) is 35.5 Å². The van der Waals surface area contributed by atoms with Crippen molar-refractivity contribution in [3.05, 3.63) is 29.3 Å². The lowest BCUT2D eigenvalue weighted by atomic mass is 9.95. The van der Waals surface area contributed by atoms with E-state index in [1.165, 1.54) is 6.42 Å². The van der Waals surface area contributed by atoms with Crippen molar-refractivity contribution in [2.75, 3.05) is 13.7 Å². The third-order valence-corrected chi connectivity index (χ3v) is 4.81. The third kappa shape index (κ3) is 2.30. The summed E-state index contributed by atoms with van der Waals surface area (Å²) in [4.78, 5) is 12.4. The summed E-state index contributed by atoms with van der Waals surface area (Å²) in [6.07, 6.45) is 2.97. The Hall–Kier alpha value is -1.51. The van der Waals surface area contributed by atoms with Crippen molar-refractivity contribution in [1.29, 1.82) is 0 Å². The van der Waals surface area contributed by atoms with Crippen molar-refractivity contribution >= 4 is 5.97 Å². The molecular formula is C17H22O3. The SMILES string of the molecule is COc1cc(C2(C(=O)OCC3CC3C)CC2)ccc1C. The molecule has 0 radical (unpaired) electrons. The van der Waals surface area contributed by atoms with Gasteiger partial charge in [0.05, 0.1) is 19.1 Å². The molecule has 1 aromatic rings. The Morgan fingerprint density at radius 1 is 1.40 bits per heavy atom. The monoisotopic (exact) mass is 274 g/mol. The van der Waals surface area contributed by atoms with E-state index in [1.807, 2.05) is 25.1 Å². The second kappa shape index (κ2) is 4.80. The van der Waals surface area contributed by atoms with Crippen molar-refractivity contribution in [2.24, 2.45) is 11.8 Å². The average Bonchev–Trinajstić information content (AvgIpc) is 3.34. The first kappa shape index (κ1) is 13.5. The first-order chi connectivity index (χ1) is 9.56. The van der Waals surface area contributed by atoms with Gasteiger partial charge in [0.15, 0.2) is 0 Å². The summed E-state index contributed by atoms with van der Waals surface area (Å²) in [5, 5.41) is 0. The van der Waals surface area contributed by atoms with Gasteiger partial charge in [-0.25, -0.2) is 0 Å². The fraction of sp³-hybridized carbons (Fsp3) is 0.588. The van der Waals surface area contributed by atoms with E-state index in [9.17, 15) is 4.79 Å². The summed E-state index contributed by atoms with van der Waals surface area (Å²) >= 11 is 0. The van der Waals surface area contributed by atoms with Crippen LogP contribution in [0.3, 0.4) is 0 Å². The molecule has 20 heavy (non-hydrogen) atoms. The molecule has 2 atom stereocenters. The summed E-state index contributed by atoms with van der Waals surface area (Å²) in [6.45, 7) is 4.80. The molecule has 2 unspecified atom stereocenters. The summed E-state index contributed by atoms with van der Waals surface area (Å²) < 4.78 is 10.9. The first-order valence-electron chi connectivity index (χ1n) is 7.39. The highest BCUT2D eigenvalue weighted by molar-refractivity contribution is 5.86. The zero-order chi connectivity index (χ0) is 14.3. The quantitative estimate of drug-likeness (QED) is 0.773. The van der Waals surface area contributed by atoms with Crippen molar-refractivity contribution < 1.29 is 14.3 Å². The van der Waals surface area contributed by atoms with Crippen LogP contribution < -0.4 is 4.74 Å². The van der Waals surface area contributed by atoms with Crippen LogP contribution in [0.1, 0.15) is 37.3 Å². The minimum atomic E-state index is -0.404. The van der Waals surface area contributed by atoms with Gasteiger partial charge in [-0.2, -0.15) is 0 Å². The van der Waals surface area contributed by atoms with Gasteiger partial charge in [0, 0.05) is 0 Å². The Kier molecular flexibility index (Phi) is 3.23. The summed E-state index contributed by atoms with van der Waals surface area (Å²) in [7, 11) is 1.67. The molecule has 2 aliphatic rings. The molecular weight excluding hydrogens is 252 g/mol. The van der Waals surface area contributed by atoms with E-state index >= 15 is 0 Å². The van der Waals surface area contributed by atoms with Gasteiger partial charge in [-0.1, -0.05) is 19.1 Å². The number of carbonyl (C=O) groups excluding carboxylic acids is 1. The van der Waals surface area contributed by atoms with Crippen LogP contribution in [-0.4, -0.2) is 19.7 Å². The van der Waals surface area contributed by atoms with Gasteiger partial charge >= 0.3 is 5.97 Å². The van der Waals surface area contributed by atoms with E-state index in [2.05, 4.69) is 6.92 Å². The lowest BCUT2D eigenvalue weighted by Crippen LogP contribution is -2.24. The maximum absolute atomic E-state index is 12.4. The fourth-order valence-corrected chi connectivity index (χ4v) is 2.81. The molecule has 0 aromatic heterocycles. The largest absolute Gasteiger partial charge is 0.496 e. The number of carbonyl (C=O) groups is 1. The lowest BCUT2D eigenvalue weighted by Gasteiger charge is -2.16. The summed E-state index contributed by atoms with van der Waals surface area (Å²) in [5.74, 6) is 2.10. The normalized spacial score (nSPS) is 25.9. The minimum absolute atomic E-state index is 0.0532. The van der Waals surface area contributed by atoms with Crippen molar-refractivity contribution in [2.45, 2.75) is 38.5 Å². The molecule has 108 valence electrons. The van der Waals surface area contributed by atoms with Crippen molar-refractivity contribution in [1.82, 2.24) is 0 Å². The van der Waals surface area contributed by atoms with E-state index in [0.29, 0.717) is 12.5 Å². The standard InChI is InChI=1S/C17H22O3/c1-11-4-5-14(9-15(11)19-3)17(6-7-17)16(18)20-10-13-8-12(13)2/h4-5,9,12-13H,6-8,10H2,1-3H3. The predicted molar refractivity (Wildman–Crippen MR) is 76.9 cm³/mol. The maximum atomic E-state index is 12.4. The van der Waals surface area contributed by atoms with Crippen LogP contribution in [-0.2, 0) is 14.9 Å². The number of hydrogen-bond acceptors (Lipinski definition) is 3. The van der Waals surface area contributed by atoms with Crippen LogP contribution in [0.25, 0.3) is 0 Å². The Balaban J connectivity index is 1.72. The molecule has 2 saturated carbocycles. The molecule has 0 saturated heterocycles. The molecule has 0 spiro atoms. The highest BCUT2D eigenvalue weighted by Crippen LogP contribution is 2.50. The molecule has 3 heteroatoms. The molecule has 0 bridgehead atoms. The Labute approximate surface area is 120 Å². The molecule has 3 rings (SSSR count). The van der Waals surface area contributed by atoms with Gasteiger partial charge in [0.25, 0.3) is 0 Å². The number of aryl methyl sites for hydroxylation is 1. The van der Waals surface area contributed by atoms with Crippen LogP contribution in [0.2, 0.25) is 0 Å². The van der Waals surface area contributed by atoms with Crippen LogP contribution in [0.4, 0.5) is 0 Å². The smallest absolute Gasteiger partial charge is 0.316 e. The van der Waals surface area contributed by atoms with Crippen LogP contribution in [0.15, 0.2) is 18.2 Å². The molecule has 0 heterocycles. The van der Waals surface area contributed by atoms with E-state index in [1.54, 1.807) is 7.11 Å². The molecule has 0 N–H and O–H groups in total. The van der Waals surface area contributed by atoms with Crippen LogP contribution in [0, 0.1) is 18.8 Å². The molecule has 1 aromatic carbocycles. The number of benzene rings is 1. The Morgan fingerprint density at radius 3 is 2.65 bits per heavy atom. The van der Waals surface area contributed by atoms with Crippen LogP contribution >= 0.6 is 0 Å². The summed E-state index contributed by atoms with van der Waals surface area (Å²) in [5.41, 5.74) is 1.72. The van der Waals surface area contributed by atoms with E-state index < -0.39 is 5.41 Å². The summed E-state index contributed by atoms with van der Waals surface area (Å²) in [6, 6.07) is 6.04. The first-order valence-corrected chi connectivity index (χ1v) is 7.39. The highest BCUT2D eigenvalue weighted by Gasteiger charge is 2.53. The van der Waals surface area contributed by atoms with E-state index in [0.717, 1.165) is 35.6 Å². The molecule has 3 nitrogen and oxygen atoms in total. The van der Waals surface area contributed by atoms with Gasteiger partial charge in [-0.05, 0) is 55.2 Å². The van der Waals surface area contributed by atoms with E-state index in [-0.39, 0.29) is 5.97 Å². The number of hydrogen-bond donors (Lipinski definition) is 0. The number of methoxy groups -OCH3 is 1.